The van der Waals surface area contributed by atoms with Crippen molar-refractivity contribution < 1.29 is 8.42 Å². The second kappa shape index (κ2) is 5.29. The number of hydrogen-bond acceptors (Lipinski definition) is 7. The molecular weight excluding hydrogens is 236 g/mol. The van der Waals surface area contributed by atoms with Gasteiger partial charge in [0.2, 0.25) is 0 Å². The molecule has 0 bridgehead atoms. The molecule has 0 spiro atoms. The van der Waals surface area contributed by atoms with Crippen molar-refractivity contribution in [2.45, 2.75) is 5.03 Å². The zero-order valence-corrected chi connectivity index (χ0v) is 9.81. The molecule has 1 heterocycles. The number of hydrazine groups is 1. The molecule has 1 rings (SSSR count). The van der Waals surface area contributed by atoms with Gasteiger partial charge in [0.1, 0.15) is 27.0 Å². The fraction of sp³-hybridized carbons (Fsp3) is 0.429. The van der Waals surface area contributed by atoms with E-state index in [-0.39, 0.29) is 5.75 Å². The molecule has 0 aliphatic heterocycles. The highest BCUT2D eigenvalue weighted by Gasteiger charge is 2.03. The summed E-state index contributed by atoms with van der Waals surface area (Å²) in [5.74, 6) is 6.28. The van der Waals surface area contributed by atoms with Gasteiger partial charge in [0.25, 0.3) is 0 Å². The van der Waals surface area contributed by atoms with Crippen LogP contribution in [0.25, 0.3) is 0 Å². The number of nitrogens with one attached hydrogen (secondary N) is 1. The lowest BCUT2D eigenvalue weighted by Crippen LogP contribution is -2.09. The van der Waals surface area contributed by atoms with Crippen molar-refractivity contribution in [1.82, 2.24) is 9.97 Å². The highest BCUT2D eigenvalue weighted by molar-refractivity contribution is 8.00. The number of hydrogen-bond donors (Lipinski definition) is 2. The smallest absolute Gasteiger partial charge is 0.148 e. The van der Waals surface area contributed by atoms with Crippen molar-refractivity contribution in [3.63, 3.8) is 0 Å². The van der Waals surface area contributed by atoms with Crippen molar-refractivity contribution in [2.24, 2.45) is 5.84 Å². The Morgan fingerprint density at radius 1 is 1.53 bits per heavy atom. The number of aromatic nitrogens is 2. The minimum absolute atomic E-state index is 0.132. The molecule has 1 aromatic rings. The second-order valence-corrected chi connectivity index (χ2v) is 6.24. The van der Waals surface area contributed by atoms with E-state index < -0.39 is 9.84 Å². The van der Waals surface area contributed by atoms with E-state index in [2.05, 4.69) is 15.4 Å². The lowest BCUT2D eigenvalue weighted by atomic mass is 10.6. The Balaban J connectivity index is 2.51. The minimum Gasteiger partial charge on any atom is -0.308 e. The first-order valence-electron chi connectivity index (χ1n) is 4.10. The summed E-state index contributed by atoms with van der Waals surface area (Å²) in [5.41, 5.74) is 2.39. The number of nitrogen functional groups attached to an aromatic ring is 1. The molecule has 0 aliphatic carbocycles. The van der Waals surface area contributed by atoms with Crippen molar-refractivity contribution >= 4 is 27.4 Å². The van der Waals surface area contributed by atoms with Crippen LogP contribution in [0.15, 0.2) is 17.4 Å². The Kier molecular flexibility index (Phi) is 4.30. The fourth-order valence-corrected chi connectivity index (χ4v) is 2.87. The number of nitrogens with zero attached hydrogens (tertiary/aromatic N) is 2. The third-order valence-electron chi connectivity index (χ3n) is 1.49. The van der Waals surface area contributed by atoms with E-state index in [1.165, 1.54) is 24.3 Å². The summed E-state index contributed by atoms with van der Waals surface area (Å²) in [7, 11) is -2.91. The fourth-order valence-electron chi connectivity index (χ4n) is 0.795. The molecule has 0 unspecified atom stereocenters. The highest BCUT2D eigenvalue weighted by atomic mass is 32.2. The Hall–Kier alpha value is -0.860. The van der Waals surface area contributed by atoms with Crippen LogP contribution in [0.2, 0.25) is 0 Å². The van der Waals surface area contributed by atoms with Gasteiger partial charge in [-0.2, -0.15) is 0 Å². The molecule has 6 nitrogen and oxygen atoms in total. The standard InChI is InChI=1S/C7H12N4O2S2/c1-15(12,13)3-2-14-7-4-6(11-8)9-5-10-7/h4-5H,2-3,8H2,1H3,(H,9,10,11). The van der Waals surface area contributed by atoms with Crippen molar-refractivity contribution in [3.8, 4) is 0 Å². The molecule has 0 fully saturated rings. The summed E-state index contributed by atoms with van der Waals surface area (Å²) in [6.45, 7) is 0. The number of rotatable bonds is 5. The Morgan fingerprint density at radius 3 is 2.87 bits per heavy atom. The first kappa shape index (κ1) is 12.2. The van der Waals surface area contributed by atoms with Gasteiger partial charge in [-0.1, -0.05) is 0 Å². The predicted molar refractivity (Wildman–Crippen MR) is 60.3 cm³/mol. The van der Waals surface area contributed by atoms with Gasteiger partial charge >= 0.3 is 0 Å². The highest BCUT2D eigenvalue weighted by Crippen LogP contribution is 2.16. The normalized spacial score (nSPS) is 11.3. The Bertz CT molecular complexity index is 421. The van der Waals surface area contributed by atoms with Crippen molar-refractivity contribution in [1.29, 1.82) is 0 Å². The van der Waals surface area contributed by atoms with Crippen LogP contribution < -0.4 is 11.3 Å². The number of anilines is 1. The second-order valence-electron chi connectivity index (χ2n) is 2.86. The SMILES string of the molecule is CS(=O)(=O)CCSc1cc(NN)ncn1. The van der Waals surface area contributed by atoms with Crippen molar-refractivity contribution in [2.75, 3.05) is 23.2 Å². The van der Waals surface area contributed by atoms with Gasteiger partial charge in [0.05, 0.1) is 5.75 Å². The van der Waals surface area contributed by atoms with Gasteiger partial charge in [-0.3, -0.25) is 0 Å². The molecule has 0 atom stereocenters. The predicted octanol–water partition coefficient (Wildman–Crippen LogP) is -0.101. The molecule has 1 aromatic heterocycles. The van der Waals surface area contributed by atoms with E-state index in [1.54, 1.807) is 6.07 Å². The topological polar surface area (TPSA) is 98.0 Å². The van der Waals surface area contributed by atoms with Crippen LogP contribution in [-0.4, -0.2) is 36.1 Å². The van der Waals surface area contributed by atoms with E-state index in [0.29, 0.717) is 16.6 Å². The van der Waals surface area contributed by atoms with Crippen LogP contribution in [-0.2, 0) is 9.84 Å². The van der Waals surface area contributed by atoms with E-state index in [0.717, 1.165) is 0 Å². The monoisotopic (exact) mass is 248 g/mol. The molecule has 8 heteroatoms. The maximum absolute atomic E-state index is 10.9. The molecule has 84 valence electrons. The lowest BCUT2D eigenvalue weighted by Gasteiger charge is -2.01. The van der Waals surface area contributed by atoms with Crippen LogP contribution in [0.5, 0.6) is 0 Å². The molecule has 0 aliphatic rings. The third-order valence-corrected chi connectivity index (χ3v) is 3.63. The van der Waals surface area contributed by atoms with E-state index in [1.807, 2.05) is 0 Å². The zero-order chi connectivity index (χ0) is 11.3. The summed E-state index contributed by atoms with van der Waals surface area (Å²) < 4.78 is 21.7. The van der Waals surface area contributed by atoms with Gasteiger partial charge in [0.15, 0.2) is 0 Å². The van der Waals surface area contributed by atoms with Gasteiger partial charge in [-0.15, -0.1) is 11.8 Å². The number of nitrogens with two attached hydrogens (primary N) is 1. The van der Waals surface area contributed by atoms with Crippen LogP contribution in [0.4, 0.5) is 5.82 Å². The molecular formula is C7H12N4O2S2. The first-order chi connectivity index (χ1) is 7.01. The number of thioether (sulfide) groups is 1. The molecule has 15 heavy (non-hydrogen) atoms. The third kappa shape index (κ3) is 4.96. The Labute approximate surface area is 92.6 Å². The van der Waals surface area contributed by atoms with Crippen LogP contribution in [0, 0.1) is 0 Å². The summed E-state index contributed by atoms with van der Waals surface area (Å²) in [6.07, 6.45) is 2.58. The van der Waals surface area contributed by atoms with Crippen LogP contribution in [0.1, 0.15) is 0 Å². The van der Waals surface area contributed by atoms with Gasteiger partial charge in [-0.25, -0.2) is 24.2 Å². The summed E-state index contributed by atoms with van der Waals surface area (Å²) in [5, 5.41) is 0.696. The number of sulfone groups is 1. The van der Waals surface area contributed by atoms with Gasteiger partial charge in [-0.05, 0) is 0 Å². The molecule has 0 saturated heterocycles. The summed E-state index contributed by atoms with van der Waals surface area (Å²) in [4.78, 5) is 7.80. The maximum atomic E-state index is 10.9. The van der Waals surface area contributed by atoms with Crippen molar-refractivity contribution in [3.05, 3.63) is 12.4 Å². The zero-order valence-electron chi connectivity index (χ0n) is 8.17. The largest absolute Gasteiger partial charge is 0.308 e. The van der Waals surface area contributed by atoms with Crippen LogP contribution in [0.3, 0.4) is 0 Å². The minimum atomic E-state index is -2.91. The molecule has 0 amide bonds. The molecule has 0 aromatic carbocycles. The molecule has 0 radical (unpaired) electrons. The van der Waals surface area contributed by atoms with Gasteiger partial charge in [0, 0.05) is 18.1 Å². The summed E-state index contributed by atoms with van der Waals surface area (Å²) >= 11 is 1.35. The maximum Gasteiger partial charge on any atom is 0.148 e. The van der Waals surface area contributed by atoms with E-state index >= 15 is 0 Å². The molecule has 0 saturated carbocycles. The Morgan fingerprint density at radius 2 is 2.27 bits per heavy atom. The van der Waals surface area contributed by atoms with Gasteiger partial charge < -0.3 is 5.43 Å². The van der Waals surface area contributed by atoms with Crippen LogP contribution >= 0.6 is 11.8 Å². The average Bonchev–Trinajstić information content (AvgIpc) is 2.16. The summed E-state index contributed by atoms with van der Waals surface area (Å²) in [6, 6.07) is 1.66. The molecule has 3 N–H and O–H groups in total. The van der Waals surface area contributed by atoms with E-state index in [9.17, 15) is 8.42 Å². The lowest BCUT2D eigenvalue weighted by molar-refractivity contribution is 0.603. The van der Waals surface area contributed by atoms with E-state index in [4.69, 9.17) is 5.84 Å². The average molecular weight is 248 g/mol. The quantitative estimate of drug-likeness (QED) is 0.325. The first-order valence-corrected chi connectivity index (χ1v) is 7.15.